The fraction of sp³-hybridized carbons (Fsp3) is 0.222. The summed E-state index contributed by atoms with van der Waals surface area (Å²) in [6.07, 6.45) is -4.93. The first-order valence-corrected chi connectivity index (χ1v) is 4.19. The summed E-state index contributed by atoms with van der Waals surface area (Å²) >= 11 is 5.41. The van der Waals surface area contributed by atoms with E-state index in [2.05, 4.69) is 0 Å². The summed E-state index contributed by atoms with van der Waals surface area (Å²) in [5, 5.41) is -0.406. The SMILES string of the molecule is CC(=O)c1c(Cl)ccc(F)c1C(F)(F)F. The molecule has 0 aliphatic rings. The van der Waals surface area contributed by atoms with Gasteiger partial charge in [-0.05, 0) is 19.1 Å². The predicted octanol–water partition coefficient (Wildman–Crippen LogP) is 3.70. The van der Waals surface area contributed by atoms with Crippen LogP contribution in [0, 0.1) is 5.82 Å². The van der Waals surface area contributed by atoms with Crippen LogP contribution in [0.5, 0.6) is 0 Å². The number of rotatable bonds is 1. The minimum absolute atomic E-state index is 0.406. The van der Waals surface area contributed by atoms with Crippen molar-refractivity contribution in [2.24, 2.45) is 0 Å². The molecule has 0 aromatic heterocycles. The number of halogens is 5. The summed E-state index contributed by atoms with van der Waals surface area (Å²) < 4.78 is 50.2. The number of ketones is 1. The van der Waals surface area contributed by atoms with E-state index in [1.54, 1.807) is 0 Å². The molecule has 15 heavy (non-hydrogen) atoms. The maximum Gasteiger partial charge on any atom is 0.419 e. The van der Waals surface area contributed by atoms with Crippen LogP contribution in [0.15, 0.2) is 12.1 Å². The quantitative estimate of drug-likeness (QED) is 0.540. The van der Waals surface area contributed by atoms with Gasteiger partial charge in [-0.25, -0.2) is 4.39 Å². The Morgan fingerprint density at radius 3 is 2.20 bits per heavy atom. The molecule has 6 heteroatoms. The molecule has 0 N–H and O–H groups in total. The summed E-state index contributed by atoms with van der Waals surface area (Å²) in [6.45, 7) is 0.899. The molecule has 82 valence electrons. The average molecular weight is 241 g/mol. The van der Waals surface area contributed by atoms with Crippen molar-refractivity contribution in [3.05, 3.63) is 34.1 Å². The fourth-order valence-electron chi connectivity index (χ4n) is 1.17. The molecule has 0 saturated carbocycles. The first-order valence-electron chi connectivity index (χ1n) is 3.81. The Balaban J connectivity index is 3.60. The number of hydrogen-bond acceptors (Lipinski definition) is 1. The maximum atomic E-state index is 13.0. The first kappa shape index (κ1) is 12.0. The van der Waals surface area contributed by atoms with Crippen molar-refractivity contribution in [2.45, 2.75) is 13.1 Å². The van der Waals surface area contributed by atoms with E-state index in [9.17, 15) is 22.4 Å². The highest BCUT2D eigenvalue weighted by Crippen LogP contribution is 2.37. The van der Waals surface area contributed by atoms with Crippen LogP contribution in [0.3, 0.4) is 0 Å². The van der Waals surface area contributed by atoms with Gasteiger partial charge < -0.3 is 0 Å². The molecule has 0 radical (unpaired) electrons. The predicted molar refractivity (Wildman–Crippen MR) is 46.4 cm³/mol. The van der Waals surface area contributed by atoms with Crippen LogP contribution >= 0.6 is 11.6 Å². The normalized spacial score (nSPS) is 11.6. The highest BCUT2D eigenvalue weighted by Gasteiger charge is 2.38. The summed E-state index contributed by atoms with van der Waals surface area (Å²) in [7, 11) is 0. The summed E-state index contributed by atoms with van der Waals surface area (Å²) in [4.78, 5) is 10.9. The van der Waals surface area contributed by atoms with Crippen LogP contribution in [-0.2, 0) is 6.18 Å². The number of carbonyl (C=O) groups is 1. The van der Waals surface area contributed by atoms with Crippen molar-refractivity contribution < 1.29 is 22.4 Å². The van der Waals surface area contributed by atoms with Crippen LogP contribution < -0.4 is 0 Å². The van der Waals surface area contributed by atoms with Crippen molar-refractivity contribution in [2.75, 3.05) is 0 Å². The molecule has 0 aliphatic carbocycles. The maximum absolute atomic E-state index is 13.0. The highest BCUT2D eigenvalue weighted by atomic mass is 35.5. The van der Waals surface area contributed by atoms with Gasteiger partial charge in [-0.1, -0.05) is 11.6 Å². The second-order valence-electron chi connectivity index (χ2n) is 2.83. The van der Waals surface area contributed by atoms with Crippen molar-refractivity contribution >= 4 is 17.4 Å². The molecule has 0 unspecified atom stereocenters. The topological polar surface area (TPSA) is 17.1 Å². The third kappa shape index (κ3) is 2.28. The summed E-state index contributed by atoms with van der Waals surface area (Å²) in [5.74, 6) is -2.43. The van der Waals surface area contributed by atoms with E-state index in [4.69, 9.17) is 11.6 Å². The first-order chi connectivity index (χ1) is 6.75. The van der Waals surface area contributed by atoms with Gasteiger partial charge in [-0.2, -0.15) is 13.2 Å². The van der Waals surface area contributed by atoms with E-state index < -0.39 is 33.9 Å². The molecule has 0 atom stereocenters. The number of hydrogen-bond donors (Lipinski definition) is 0. The highest BCUT2D eigenvalue weighted by molar-refractivity contribution is 6.34. The van der Waals surface area contributed by atoms with Gasteiger partial charge in [0.05, 0.1) is 10.6 Å². The molecule has 1 nitrogen and oxygen atoms in total. The van der Waals surface area contributed by atoms with Crippen LogP contribution in [0.4, 0.5) is 17.6 Å². The van der Waals surface area contributed by atoms with Gasteiger partial charge in [0, 0.05) is 0 Å². The summed E-state index contributed by atoms with van der Waals surface area (Å²) in [6, 6.07) is 1.50. The van der Waals surface area contributed by atoms with E-state index in [0.717, 1.165) is 13.0 Å². The largest absolute Gasteiger partial charge is 0.419 e. The molecular weight excluding hydrogens is 236 g/mol. The van der Waals surface area contributed by atoms with Crippen molar-refractivity contribution in [1.29, 1.82) is 0 Å². The molecule has 1 aromatic carbocycles. The van der Waals surface area contributed by atoms with Gasteiger partial charge in [-0.15, -0.1) is 0 Å². The average Bonchev–Trinajstić information content (AvgIpc) is 2.05. The third-order valence-corrected chi connectivity index (χ3v) is 2.05. The molecule has 0 aliphatic heterocycles. The molecule has 1 aromatic rings. The lowest BCUT2D eigenvalue weighted by Gasteiger charge is -2.12. The Kier molecular flexibility index (Phi) is 3.04. The van der Waals surface area contributed by atoms with Gasteiger partial charge in [0.1, 0.15) is 11.4 Å². The van der Waals surface area contributed by atoms with E-state index in [1.165, 1.54) is 0 Å². The Morgan fingerprint density at radius 2 is 1.87 bits per heavy atom. The molecular formula is C9H5ClF4O. The zero-order valence-corrected chi connectivity index (χ0v) is 8.21. The van der Waals surface area contributed by atoms with Crippen molar-refractivity contribution in [3.8, 4) is 0 Å². The molecule has 0 bridgehead atoms. The Bertz CT molecular complexity index is 411. The molecule has 0 spiro atoms. The Hall–Kier alpha value is -1.10. The van der Waals surface area contributed by atoms with Gasteiger partial charge in [-0.3, -0.25) is 4.79 Å². The van der Waals surface area contributed by atoms with Crippen molar-refractivity contribution in [1.82, 2.24) is 0 Å². The molecule has 0 heterocycles. The monoisotopic (exact) mass is 240 g/mol. The zero-order valence-electron chi connectivity index (χ0n) is 7.45. The Labute approximate surface area is 87.7 Å². The summed E-state index contributed by atoms with van der Waals surface area (Å²) in [5.41, 5.74) is -2.44. The fourth-order valence-corrected chi connectivity index (χ4v) is 1.46. The van der Waals surface area contributed by atoms with Crippen LogP contribution in [-0.4, -0.2) is 5.78 Å². The van der Waals surface area contributed by atoms with E-state index in [1.807, 2.05) is 0 Å². The van der Waals surface area contributed by atoms with Gasteiger partial charge in [0.25, 0.3) is 0 Å². The lowest BCUT2D eigenvalue weighted by molar-refractivity contribution is -0.140. The van der Waals surface area contributed by atoms with Gasteiger partial charge >= 0.3 is 6.18 Å². The lowest BCUT2D eigenvalue weighted by atomic mass is 10.0. The second-order valence-corrected chi connectivity index (χ2v) is 3.24. The number of benzene rings is 1. The Morgan fingerprint density at radius 1 is 1.33 bits per heavy atom. The van der Waals surface area contributed by atoms with E-state index in [0.29, 0.717) is 6.07 Å². The van der Waals surface area contributed by atoms with E-state index in [-0.39, 0.29) is 0 Å². The lowest BCUT2D eigenvalue weighted by Crippen LogP contribution is -2.15. The van der Waals surface area contributed by atoms with Gasteiger partial charge in [0.2, 0.25) is 0 Å². The molecule has 0 amide bonds. The van der Waals surface area contributed by atoms with Gasteiger partial charge in [0.15, 0.2) is 5.78 Å². The smallest absolute Gasteiger partial charge is 0.294 e. The van der Waals surface area contributed by atoms with Crippen LogP contribution in [0.25, 0.3) is 0 Å². The zero-order chi connectivity index (χ0) is 11.8. The standard InChI is InChI=1S/C9H5ClF4O/c1-4(15)7-5(10)2-3-6(11)8(7)9(12,13)14/h2-3H,1H3. The minimum atomic E-state index is -4.93. The van der Waals surface area contributed by atoms with Crippen LogP contribution in [0.1, 0.15) is 22.8 Å². The third-order valence-electron chi connectivity index (χ3n) is 1.74. The van der Waals surface area contributed by atoms with Crippen LogP contribution in [0.2, 0.25) is 5.02 Å². The minimum Gasteiger partial charge on any atom is -0.294 e. The molecule has 0 saturated heterocycles. The number of Topliss-reactive ketones (excluding diaryl/α,β-unsaturated/α-hetero) is 1. The van der Waals surface area contributed by atoms with E-state index >= 15 is 0 Å². The molecule has 1 rings (SSSR count). The number of alkyl halides is 3. The number of carbonyl (C=O) groups excluding carboxylic acids is 1. The second kappa shape index (κ2) is 3.81. The van der Waals surface area contributed by atoms with Crippen molar-refractivity contribution in [3.63, 3.8) is 0 Å². The molecule has 0 fully saturated rings.